The van der Waals surface area contributed by atoms with E-state index in [4.69, 9.17) is 0 Å². The van der Waals surface area contributed by atoms with E-state index in [1.54, 1.807) is 18.2 Å². The van der Waals surface area contributed by atoms with Crippen LogP contribution in [0.3, 0.4) is 0 Å². The van der Waals surface area contributed by atoms with Crippen LogP contribution in [-0.4, -0.2) is 20.9 Å². The van der Waals surface area contributed by atoms with E-state index in [1.807, 2.05) is 62.4 Å². The van der Waals surface area contributed by atoms with Crippen LogP contribution >= 0.6 is 0 Å². The minimum Gasteiger partial charge on any atom is -0.326 e. The number of benzene rings is 3. The molecule has 0 atom stereocenters. The molecule has 1 N–H and O–H groups in total. The zero-order valence-electron chi connectivity index (χ0n) is 22.2. The van der Waals surface area contributed by atoms with E-state index >= 15 is 0 Å². The van der Waals surface area contributed by atoms with Crippen LogP contribution < -0.4 is 9.62 Å². The highest BCUT2D eigenvalue weighted by atomic mass is 32.2. The molecule has 192 valence electrons. The summed E-state index contributed by atoms with van der Waals surface area (Å²) in [4.78, 5) is 13.4. The van der Waals surface area contributed by atoms with Crippen LogP contribution in [-0.2, 0) is 21.2 Å². The van der Waals surface area contributed by atoms with E-state index in [1.165, 1.54) is 4.31 Å². The number of amides is 1. The lowest BCUT2D eigenvalue weighted by Crippen LogP contribution is -2.34. The van der Waals surface area contributed by atoms with E-state index < -0.39 is 10.0 Å². The summed E-state index contributed by atoms with van der Waals surface area (Å²) in [7, 11) is -3.85. The number of hydrogen-bond donors (Lipinski definition) is 1. The zero-order chi connectivity index (χ0) is 26.5. The zero-order valence-corrected chi connectivity index (χ0v) is 23.0. The number of nitrogens with one attached hydrogen (secondary N) is 1. The van der Waals surface area contributed by atoms with Crippen molar-refractivity contribution in [3.63, 3.8) is 0 Å². The lowest BCUT2D eigenvalue weighted by molar-refractivity contribution is -0.116. The minimum atomic E-state index is -3.85. The van der Waals surface area contributed by atoms with Gasteiger partial charge in [0.2, 0.25) is 5.91 Å². The summed E-state index contributed by atoms with van der Waals surface area (Å²) in [5, 5.41) is 3.11. The van der Waals surface area contributed by atoms with E-state index in [0.29, 0.717) is 5.69 Å². The van der Waals surface area contributed by atoms with Crippen LogP contribution in [0.15, 0.2) is 71.6 Å². The highest BCUT2D eigenvalue weighted by Crippen LogP contribution is 2.33. The molecule has 0 saturated heterocycles. The van der Waals surface area contributed by atoms with Crippen LogP contribution in [0.2, 0.25) is 0 Å². The SMILES string of the molecule is CCc1ccc(S(=O)(=O)N(CCC(=O)Nc2c(C(C)C)cccc2C(C)C)c2cccc(C)c2)cc1. The van der Waals surface area contributed by atoms with E-state index in [9.17, 15) is 13.2 Å². The predicted octanol–water partition coefficient (Wildman–Crippen LogP) is 7.03. The van der Waals surface area contributed by atoms with Crippen molar-refractivity contribution in [2.45, 2.75) is 71.1 Å². The normalized spacial score (nSPS) is 11.7. The van der Waals surface area contributed by atoms with Gasteiger partial charge >= 0.3 is 0 Å². The number of sulfonamides is 1. The molecule has 3 aromatic carbocycles. The molecule has 0 fully saturated rings. The molecule has 0 spiro atoms. The van der Waals surface area contributed by atoms with Crippen molar-refractivity contribution in [1.82, 2.24) is 0 Å². The fraction of sp³-hybridized carbons (Fsp3) is 0.367. The Kier molecular flexibility index (Phi) is 8.96. The number of carbonyl (C=O) groups excluding carboxylic acids is 1. The molecule has 0 saturated carbocycles. The maximum absolute atomic E-state index is 13.7. The standard InChI is InChI=1S/C30H38N2O3S/c1-7-24-14-16-26(17-15-24)36(34,35)32(25-11-8-10-23(6)20-25)19-18-29(33)31-30-27(21(2)3)12-9-13-28(30)22(4)5/h8-17,20-22H,7,18-19H2,1-6H3,(H,31,33). The summed E-state index contributed by atoms with van der Waals surface area (Å²) in [6, 6.07) is 20.4. The summed E-state index contributed by atoms with van der Waals surface area (Å²) in [6.07, 6.45) is 0.864. The first-order chi connectivity index (χ1) is 17.0. The molecule has 3 rings (SSSR count). The fourth-order valence-electron chi connectivity index (χ4n) is 4.30. The molecule has 0 heterocycles. The second kappa shape index (κ2) is 11.7. The average molecular weight is 507 g/mol. The van der Waals surface area contributed by atoms with Crippen LogP contribution in [0.1, 0.15) is 75.1 Å². The first-order valence-corrected chi connectivity index (χ1v) is 14.1. The topological polar surface area (TPSA) is 66.5 Å². The summed E-state index contributed by atoms with van der Waals surface area (Å²) in [6.45, 7) is 12.4. The van der Waals surface area contributed by atoms with Crippen molar-refractivity contribution >= 4 is 27.3 Å². The van der Waals surface area contributed by atoms with Gasteiger partial charge in [0.05, 0.1) is 10.6 Å². The Balaban J connectivity index is 1.90. The molecule has 0 bridgehead atoms. The lowest BCUT2D eigenvalue weighted by atomic mass is 9.92. The van der Waals surface area contributed by atoms with Crippen molar-refractivity contribution in [2.24, 2.45) is 0 Å². The minimum absolute atomic E-state index is 0.0319. The third-order valence-corrected chi connectivity index (χ3v) is 8.23. The molecule has 5 nitrogen and oxygen atoms in total. The maximum atomic E-state index is 13.7. The van der Waals surface area contributed by atoms with Gasteiger partial charge in [0, 0.05) is 18.7 Å². The molecule has 1 amide bonds. The Morgan fingerprint density at radius 2 is 1.47 bits per heavy atom. The second-order valence-corrected chi connectivity index (χ2v) is 11.7. The fourth-order valence-corrected chi connectivity index (χ4v) is 5.75. The number of hydrogen-bond acceptors (Lipinski definition) is 3. The molecule has 6 heteroatoms. The number of nitrogens with zero attached hydrogens (tertiary/aromatic N) is 1. The number of anilines is 2. The first-order valence-electron chi connectivity index (χ1n) is 12.7. The van der Waals surface area contributed by atoms with E-state index in [-0.39, 0.29) is 35.6 Å². The Bertz CT molecular complexity index is 1270. The molecular weight excluding hydrogens is 468 g/mol. The van der Waals surface area contributed by atoms with Crippen molar-refractivity contribution in [3.8, 4) is 0 Å². The highest BCUT2D eigenvalue weighted by Gasteiger charge is 2.26. The number of para-hydroxylation sites is 1. The number of aryl methyl sites for hydroxylation is 2. The van der Waals surface area contributed by atoms with Crippen molar-refractivity contribution in [2.75, 3.05) is 16.2 Å². The maximum Gasteiger partial charge on any atom is 0.264 e. The third kappa shape index (κ3) is 6.35. The molecule has 0 aliphatic heterocycles. The van der Waals surface area contributed by atoms with Gasteiger partial charge in [0.15, 0.2) is 0 Å². The van der Waals surface area contributed by atoms with Gasteiger partial charge in [-0.05, 0) is 71.7 Å². The summed E-state index contributed by atoms with van der Waals surface area (Å²) >= 11 is 0. The Labute approximate surface area is 216 Å². The van der Waals surface area contributed by atoms with Gasteiger partial charge < -0.3 is 5.32 Å². The molecular formula is C30H38N2O3S. The van der Waals surface area contributed by atoms with Crippen molar-refractivity contribution in [1.29, 1.82) is 0 Å². The molecule has 0 unspecified atom stereocenters. The Morgan fingerprint density at radius 3 is 2.00 bits per heavy atom. The Hall–Kier alpha value is -3.12. The molecule has 0 radical (unpaired) electrons. The van der Waals surface area contributed by atoms with Crippen LogP contribution in [0.4, 0.5) is 11.4 Å². The summed E-state index contributed by atoms with van der Waals surface area (Å²) in [5.74, 6) is 0.280. The van der Waals surface area contributed by atoms with Crippen LogP contribution in [0.25, 0.3) is 0 Å². The van der Waals surface area contributed by atoms with Crippen LogP contribution in [0.5, 0.6) is 0 Å². The summed E-state index contributed by atoms with van der Waals surface area (Å²) < 4.78 is 28.7. The highest BCUT2D eigenvalue weighted by molar-refractivity contribution is 7.92. The number of rotatable bonds is 10. The van der Waals surface area contributed by atoms with Gasteiger partial charge in [-0.15, -0.1) is 0 Å². The molecule has 36 heavy (non-hydrogen) atoms. The monoisotopic (exact) mass is 506 g/mol. The van der Waals surface area contributed by atoms with Gasteiger partial charge in [-0.1, -0.05) is 77.1 Å². The van der Waals surface area contributed by atoms with Crippen molar-refractivity contribution < 1.29 is 13.2 Å². The molecule has 0 aliphatic rings. The second-order valence-electron chi connectivity index (χ2n) is 9.83. The molecule has 0 aliphatic carbocycles. The Morgan fingerprint density at radius 1 is 0.889 bits per heavy atom. The quantitative estimate of drug-likeness (QED) is 0.321. The predicted molar refractivity (Wildman–Crippen MR) is 149 cm³/mol. The lowest BCUT2D eigenvalue weighted by Gasteiger charge is -2.25. The third-order valence-electron chi connectivity index (χ3n) is 6.39. The smallest absolute Gasteiger partial charge is 0.264 e. The van der Waals surface area contributed by atoms with Crippen LogP contribution in [0, 0.1) is 6.92 Å². The average Bonchev–Trinajstić information content (AvgIpc) is 2.84. The van der Waals surface area contributed by atoms with E-state index in [0.717, 1.165) is 34.4 Å². The summed E-state index contributed by atoms with van der Waals surface area (Å²) in [5.41, 5.74) is 5.56. The number of carbonyl (C=O) groups is 1. The van der Waals surface area contributed by atoms with Gasteiger partial charge in [0.1, 0.15) is 0 Å². The van der Waals surface area contributed by atoms with Gasteiger partial charge in [0.25, 0.3) is 10.0 Å². The first kappa shape index (κ1) is 27.5. The molecule has 0 aromatic heterocycles. The largest absolute Gasteiger partial charge is 0.326 e. The van der Waals surface area contributed by atoms with E-state index in [2.05, 4.69) is 33.0 Å². The molecule has 3 aromatic rings. The van der Waals surface area contributed by atoms with Gasteiger partial charge in [-0.2, -0.15) is 0 Å². The van der Waals surface area contributed by atoms with Crippen molar-refractivity contribution in [3.05, 3.63) is 89.0 Å². The van der Waals surface area contributed by atoms with Gasteiger partial charge in [-0.25, -0.2) is 8.42 Å². The van der Waals surface area contributed by atoms with Gasteiger partial charge in [-0.3, -0.25) is 9.10 Å².